The second-order valence-corrected chi connectivity index (χ2v) is 6.36. The van der Waals surface area contributed by atoms with Crippen molar-refractivity contribution in [3.05, 3.63) is 28.8 Å². The van der Waals surface area contributed by atoms with Crippen LogP contribution in [0, 0.1) is 13.8 Å². The van der Waals surface area contributed by atoms with Crippen molar-refractivity contribution in [2.24, 2.45) is 0 Å². The van der Waals surface area contributed by atoms with Crippen molar-refractivity contribution >= 4 is 5.91 Å². The van der Waals surface area contributed by atoms with Crippen LogP contribution in [0.4, 0.5) is 4.39 Å². The molecule has 1 atom stereocenters. The summed E-state index contributed by atoms with van der Waals surface area (Å²) in [6, 6.07) is 3.98. The standard InChI is InChI=1S/C16H20FNO2/c1-9-4-12-13(8-20-14(12)5-10(9)2)15(19)18-11-6-16(3,17)7-11/h4-5,11,13H,6-8H2,1-3H3,(H,18,19). The molecule has 0 saturated heterocycles. The monoisotopic (exact) mass is 277 g/mol. The van der Waals surface area contributed by atoms with Gasteiger partial charge in [-0.15, -0.1) is 0 Å². The first-order chi connectivity index (χ1) is 9.35. The van der Waals surface area contributed by atoms with Crippen LogP contribution < -0.4 is 10.1 Å². The Morgan fingerprint density at radius 3 is 2.65 bits per heavy atom. The van der Waals surface area contributed by atoms with Crippen molar-refractivity contribution < 1.29 is 13.9 Å². The van der Waals surface area contributed by atoms with Crippen molar-refractivity contribution in [3.63, 3.8) is 0 Å². The highest BCUT2D eigenvalue weighted by molar-refractivity contribution is 5.86. The van der Waals surface area contributed by atoms with E-state index < -0.39 is 5.67 Å². The summed E-state index contributed by atoms with van der Waals surface area (Å²) in [6.45, 7) is 6.02. The van der Waals surface area contributed by atoms with Gasteiger partial charge in [0.05, 0.1) is 0 Å². The van der Waals surface area contributed by atoms with Gasteiger partial charge in [0.2, 0.25) is 5.91 Å². The molecule has 0 bridgehead atoms. The van der Waals surface area contributed by atoms with Gasteiger partial charge in [0.1, 0.15) is 23.9 Å². The van der Waals surface area contributed by atoms with Crippen molar-refractivity contribution in [3.8, 4) is 5.75 Å². The molecule has 0 aromatic heterocycles. The van der Waals surface area contributed by atoms with Gasteiger partial charge in [-0.3, -0.25) is 4.79 Å². The zero-order chi connectivity index (χ0) is 14.5. The molecule has 1 aliphatic heterocycles. The Morgan fingerprint density at radius 2 is 2.00 bits per heavy atom. The van der Waals surface area contributed by atoms with Crippen LogP contribution in [0.2, 0.25) is 0 Å². The van der Waals surface area contributed by atoms with E-state index in [4.69, 9.17) is 4.74 Å². The van der Waals surface area contributed by atoms with Crippen LogP contribution in [0.25, 0.3) is 0 Å². The molecule has 1 saturated carbocycles. The van der Waals surface area contributed by atoms with Crippen LogP contribution in [0.1, 0.15) is 42.4 Å². The van der Waals surface area contributed by atoms with Gasteiger partial charge in [0.15, 0.2) is 0 Å². The van der Waals surface area contributed by atoms with Crippen LogP contribution in [0.15, 0.2) is 12.1 Å². The number of hydrogen-bond acceptors (Lipinski definition) is 2. The predicted octanol–water partition coefficient (Wildman–Crippen LogP) is 2.79. The predicted molar refractivity (Wildman–Crippen MR) is 74.8 cm³/mol. The van der Waals surface area contributed by atoms with Gasteiger partial charge in [-0.1, -0.05) is 6.07 Å². The van der Waals surface area contributed by atoms with E-state index in [1.165, 1.54) is 0 Å². The Hall–Kier alpha value is -1.58. The fourth-order valence-electron chi connectivity index (χ4n) is 3.06. The Balaban J connectivity index is 1.71. The SMILES string of the molecule is Cc1cc2c(cc1C)C(C(=O)NC1CC(C)(F)C1)CO2. The Bertz CT molecular complexity index is 560. The second-order valence-electron chi connectivity index (χ2n) is 6.36. The van der Waals surface area contributed by atoms with Crippen molar-refractivity contribution in [1.29, 1.82) is 0 Å². The number of alkyl halides is 1. The third-order valence-corrected chi connectivity index (χ3v) is 4.41. The van der Waals surface area contributed by atoms with E-state index in [0.717, 1.165) is 22.4 Å². The highest BCUT2D eigenvalue weighted by Gasteiger charge is 2.42. The van der Waals surface area contributed by atoms with Crippen molar-refractivity contribution in [2.45, 2.75) is 51.2 Å². The molecule has 1 unspecified atom stereocenters. The average molecular weight is 277 g/mol. The summed E-state index contributed by atoms with van der Waals surface area (Å²) < 4.78 is 19.1. The van der Waals surface area contributed by atoms with Crippen LogP contribution in [0.3, 0.4) is 0 Å². The molecular formula is C16H20FNO2. The summed E-state index contributed by atoms with van der Waals surface area (Å²) >= 11 is 0. The van der Waals surface area contributed by atoms with Gasteiger partial charge in [0, 0.05) is 24.4 Å². The second kappa shape index (κ2) is 4.47. The number of hydrogen-bond donors (Lipinski definition) is 1. The van der Waals surface area contributed by atoms with Crippen LogP contribution >= 0.6 is 0 Å². The molecule has 4 heteroatoms. The smallest absolute Gasteiger partial charge is 0.231 e. The van der Waals surface area contributed by atoms with Gasteiger partial charge in [-0.25, -0.2) is 4.39 Å². The van der Waals surface area contributed by atoms with E-state index in [1.54, 1.807) is 6.92 Å². The number of carbonyl (C=O) groups excluding carboxylic acids is 1. The molecule has 1 aromatic carbocycles. The van der Waals surface area contributed by atoms with E-state index in [-0.39, 0.29) is 17.9 Å². The van der Waals surface area contributed by atoms with Gasteiger partial charge in [0.25, 0.3) is 0 Å². The highest BCUT2D eigenvalue weighted by atomic mass is 19.1. The minimum absolute atomic E-state index is 0.0342. The molecule has 1 aliphatic carbocycles. The van der Waals surface area contributed by atoms with E-state index in [2.05, 4.69) is 5.32 Å². The third kappa shape index (κ3) is 2.28. The first kappa shape index (κ1) is 13.4. The maximum absolute atomic E-state index is 13.4. The topological polar surface area (TPSA) is 38.3 Å². The number of nitrogens with one attached hydrogen (secondary N) is 1. The first-order valence-corrected chi connectivity index (χ1v) is 7.09. The number of carbonyl (C=O) groups is 1. The Labute approximate surface area is 118 Å². The molecule has 20 heavy (non-hydrogen) atoms. The third-order valence-electron chi connectivity index (χ3n) is 4.41. The molecule has 1 amide bonds. The summed E-state index contributed by atoms with van der Waals surface area (Å²) in [4.78, 5) is 12.3. The van der Waals surface area contributed by atoms with Gasteiger partial charge in [-0.2, -0.15) is 0 Å². The number of halogens is 1. The first-order valence-electron chi connectivity index (χ1n) is 7.09. The maximum atomic E-state index is 13.4. The minimum atomic E-state index is -1.12. The molecule has 1 fully saturated rings. The van der Waals surface area contributed by atoms with Gasteiger partial charge >= 0.3 is 0 Å². The molecule has 1 aromatic rings. The van der Waals surface area contributed by atoms with Crippen LogP contribution in [0.5, 0.6) is 5.75 Å². The summed E-state index contributed by atoms with van der Waals surface area (Å²) in [6.07, 6.45) is 0.818. The van der Waals surface area contributed by atoms with E-state index >= 15 is 0 Å². The fourth-order valence-corrected chi connectivity index (χ4v) is 3.06. The molecule has 0 spiro atoms. The lowest BCUT2D eigenvalue weighted by Gasteiger charge is -2.39. The summed E-state index contributed by atoms with van der Waals surface area (Å²) in [5.41, 5.74) is 2.16. The number of ether oxygens (including phenoxy) is 1. The largest absolute Gasteiger partial charge is 0.492 e. The molecule has 108 valence electrons. The molecule has 1 heterocycles. The molecule has 1 N–H and O–H groups in total. The lowest BCUT2D eigenvalue weighted by molar-refractivity contribution is -0.125. The maximum Gasteiger partial charge on any atom is 0.231 e. The van der Waals surface area contributed by atoms with E-state index in [1.807, 2.05) is 26.0 Å². The minimum Gasteiger partial charge on any atom is -0.492 e. The lowest BCUT2D eigenvalue weighted by Crippen LogP contribution is -2.52. The molecule has 0 radical (unpaired) electrons. The Morgan fingerprint density at radius 1 is 1.35 bits per heavy atom. The van der Waals surface area contributed by atoms with Gasteiger partial charge in [-0.05, 0) is 38.0 Å². The van der Waals surface area contributed by atoms with Crippen LogP contribution in [-0.2, 0) is 4.79 Å². The molecule has 3 nitrogen and oxygen atoms in total. The number of aryl methyl sites for hydroxylation is 2. The molecule has 3 rings (SSSR count). The number of benzene rings is 1. The highest BCUT2D eigenvalue weighted by Crippen LogP contribution is 2.38. The van der Waals surface area contributed by atoms with Crippen molar-refractivity contribution in [2.75, 3.05) is 6.61 Å². The summed E-state index contributed by atoms with van der Waals surface area (Å²) in [5.74, 6) is 0.487. The van der Waals surface area contributed by atoms with Gasteiger partial charge < -0.3 is 10.1 Å². The van der Waals surface area contributed by atoms with Crippen LogP contribution in [-0.4, -0.2) is 24.2 Å². The van der Waals surface area contributed by atoms with E-state index in [0.29, 0.717) is 19.4 Å². The zero-order valence-electron chi connectivity index (χ0n) is 12.1. The average Bonchev–Trinajstić information content (AvgIpc) is 2.70. The summed E-state index contributed by atoms with van der Waals surface area (Å²) in [7, 11) is 0. The molecular weight excluding hydrogens is 257 g/mol. The number of rotatable bonds is 2. The zero-order valence-corrected chi connectivity index (χ0v) is 12.1. The number of amides is 1. The lowest BCUT2D eigenvalue weighted by atomic mass is 9.78. The van der Waals surface area contributed by atoms with E-state index in [9.17, 15) is 9.18 Å². The quantitative estimate of drug-likeness (QED) is 0.902. The molecule has 2 aliphatic rings. The normalized spacial score (nSPS) is 31.2. The Kier molecular flexibility index (Phi) is 3.00. The summed E-state index contributed by atoms with van der Waals surface area (Å²) in [5, 5.41) is 2.93. The van der Waals surface area contributed by atoms with Crippen molar-refractivity contribution in [1.82, 2.24) is 5.32 Å². The number of fused-ring (bicyclic) bond motifs is 1. The fraction of sp³-hybridized carbons (Fsp3) is 0.562.